The molecule has 21 heavy (non-hydrogen) atoms. The summed E-state index contributed by atoms with van der Waals surface area (Å²) in [7, 11) is 3.09. The van der Waals surface area contributed by atoms with Crippen molar-refractivity contribution in [2.45, 2.75) is 25.0 Å². The minimum atomic E-state index is -0.914. The number of carbonyl (C=O) groups is 1. The Kier molecular flexibility index (Phi) is 5.14. The molecular weight excluding hydrogens is 298 g/mol. The van der Waals surface area contributed by atoms with Crippen LogP contribution in [0.2, 0.25) is 5.02 Å². The van der Waals surface area contributed by atoms with Crippen molar-refractivity contribution in [2.75, 3.05) is 26.1 Å². The highest BCUT2D eigenvalue weighted by molar-refractivity contribution is 6.32. The van der Waals surface area contributed by atoms with Gasteiger partial charge in [0.25, 0.3) is 0 Å². The summed E-state index contributed by atoms with van der Waals surface area (Å²) in [5, 5.41) is 12.5. The number of hydrogen-bond acceptors (Lipinski definition) is 5. The zero-order chi connectivity index (χ0) is 15.4. The third-order valence-corrected chi connectivity index (χ3v) is 3.67. The van der Waals surface area contributed by atoms with Gasteiger partial charge in [0.05, 0.1) is 31.0 Å². The van der Waals surface area contributed by atoms with Crippen molar-refractivity contribution in [3.8, 4) is 11.5 Å². The van der Waals surface area contributed by atoms with Crippen LogP contribution in [0.5, 0.6) is 11.5 Å². The average Bonchev–Trinajstić information content (AvgIpc) is 2.94. The first-order chi connectivity index (χ1) is 10.0. The Morgan fingerprint density at radius 2 is 2.10 bits per heavy atom. The van der Waals surface area contributed by atoms with Gasteiger partial charge in [0.2, 0.25) is 0 Å². The molecule has 7 heteroatoms. The zero-order valence-electron chi connectivity index (χ0n) is 11.9. The molecule has 1 heterocycles. The third kappa shape index (κ3) is 3.71. The fourth-order valence-corrected chi connectivity index (χ4v) is 2.49. The SMILES string of the molecule is COc1cc(NCC2CCC(C(=O)O)O2)c(OC)cc1Cl. The van der Waals surface area contributed by atoms with Crippen molar-refractivity contribution in [3.05, 3.63) is 17.2 Å². The fourth-order valence-electron chi connectivity index (χ4n) is 2.26. The van der Waals surface area contributed by atoms with E-state index in [-0.39, 0.29) is 6.10 Å². The third-order valence-electron chi connectivity index (χ3n) is 3.38. The molecule has 1 aromatic rings. The molecule has 6 nitrogen and oxygen atoms in total. The highest BCUT2D eigenvalue weighted by Gasteiger charge is 2.30. The molecule has 0 aliphatic carbocycles. The van der Waals surface area contributed by atoms with E-state index in [2.05, 4.69) is 5.32 Å². The lowest BCUT2D eigenvalue weighted by Gasteiger charge is -2.16. The van der Waals surface area contributed by atoms with E-state index < -0.39 is 12.1 Å². The lowest BCUT2D eigenvalue weighted by atomic mass is 10.2. The minimum Gasteiger partial charge on any atom is -0.495 e. The Balaban J connectivity index is 2.01. The number of nitrogens with one attached hydrogen (secondary N) is 1. The standard InChI is InChI=1S/C14H18ClNO5/c1-19-12-6-10(13(20-2)5-9(12)15)16-7-8-3-4-11(21-8)14(17)18/h5-6,8,11,16H,3-4,7H2,1-2H3,(H,17,18). The number of anilines is 1. The first-order valence-electron chi connectivity index (χ1n) is 6.58. The predicted octanol–water partition coefficient (Wildman–Crippen LogP) is 2.40. The van der Waals surface area contributed by atoms with Gasteiger partial charge in [0.15, 0.2) is 6.10 Å². The van der Waals surface area contributed by atoms with Crippen molar-refractivity contribution in [3.63, 3.8) is 0 Å². The topological polar surface area (TPSA) is 77.0 Å². The first-order valence-corrected chi connectivity index (χ1v) is 6.96. The van der Waals surface area contributed by atoms with E-state index >= 15 is 0 Å². The van der Waals surface area contributed by atoms with E-state index in [0.29, 0.717) is 35.9 Å². The molecule has 0 aromatic heterocycles. The Hall–Kier alpha value is -1.66. The van der Waals surface area contributed by atoms with Crippen LogP contribution in [0.15, 0.2) is 12.1 Å². The number of carboxylic acid groups (broad SMARTS) is 1. The molecule has 1 aromatic carbocycles. The van der Waals surface area contributed by atoms with Crippen LogP contribution in [0.1, 0.15) is 12.8 Å². The number of rotatable bonds is 6. The number of hydrogen-bond donors (Lipinski definition) is 2. The van der Waals surface area contributed by atoms with E-state index in [1.165, 1.54) is 7.11 Å². The van der Waals surface area contributed by atoms with Gasteiger partial charge in [-0.15, -0.1) is 0 Å². The normalized spacial score (nSPS) is 21.1. The summed E-state index contributed by atoms with van der Waals surface area (Å²) in [6, 6.07) is 3.41. The Morgan fingerprint density at radius 1 is 1.38 bits per heavy atom. The van der Waals surface area contributed by atoms with E-state index in [0.717, 1.165) is 5.69 Å². The Morgan fingerprint density at radius 3 is 2.67 bits per heavy atom. The summed E-state index contributed by atoms with van der Waals surface area (Å²) >= 11 is 6.04. The molecule has 0 radical (unpaired) electrons. The molecule has 0 spiro atoms. The van der Waals surface area contributed by atoms with Crippen molar-refractivity contribution < 1.29 is 24.1 Å². The van der Waals surface area contributed by atoms with Crippen molar-refractivity contribution in [2.24, 2.45) is 0 Å². The molecule has 0 amide bonds. The lowest BCUT2D eigenvalue weighted by molar-refractivity contribution is -0.149. The minimum absolute atomic E-state index is 0.141. The van der Waals surface area contributed by atoms with E-state index in [1.807, 2.05) is 0 Å². The lowest BCUT2D eigenvalue weighted by Crippen LogP contribution is -2.24. The molecule has 1 aliphatic rings. The van der Waals surface area contributed by atoms with Crippen molar-refractivity contribution in [1.82, 2.24) is 0 Å². The second-order valence-electron chi connectivity index (χ2n) is 4.73. The van der Waals surface area contributed by atoms with Gasteiger partial charge in [-0.3, -0.25) is 0 Å². The monoisotopic (exact) mass is 315 g/mol. The highest BCUT2D eigenvalue weighted by Crippen LogP contribution is 2.36. The molecule has 2 rings (SSSR count). The van der Waals surface area contributed by atoms with Crippen LogP contribution in [0.4, 0.5) is 5.69 Å². The maximum absolute atomic E-state index is 10.8. The van der Waals surface area contributed by atoms with E-state index in [4.69, 9.17) is 30.9 Å². The second-order valence-corrected chi connectivity index (χ2v) is 5.14. The smallest absolute Gasteiger partial charge is 0.332 e. The number of benzene rings is 1. The molecule has 1 fully saturated rings. The summed E-state index contributed by atoms with van der Waals surface area (Å²) in [5.41, 5.74) is 0.723. The number of methoxy groups -OCH3 is 2. The Labute approximate surface area is 127 Å². The van der Waals surface area contributed by atoms with Crippen LogP contribution >= 0.6 is 11.6 Å². The van der Waals surface area contributed by atoms with Crippen LogP contribution in [0.25, 0.3) is 0 Å². The predicted molar refractivity (Wildman–Crippen MR) is 78.6 cm³/mol. The van der Waals surface area contributed by atoms with Gasteiger partial charge in [0, 0.05) is 18.7 Å². The summed E-state index contributed by atoms with van der Waals surface area (Å²) in [4.78, 5) is 10.8. The molecule has 2 N–H and O–H groups in total. The average molecular weight is 316 g/mol. The quantitative estimate of drug-likeness (QED) is 0.839. The maximum Gasteiger partial charge on any atom is 0.332 e. The van der Waals surface area contributed by atoms with Gasteiger partial charge >= 0.3 is 5.97 Å². The van der Waals surface area contributed by atoms with Crippen LogP contribution in [-0.4, -0.2) is 44.0 Å². The van der Waals surface area contributed by atoms with Gasteiger partial charge in [-0.05, 0) is 12.8 Å². The van der Waals surface area contributed by atoms with Crippen LogP contribution in [0, 0.1) is 0 Å². The van der Waals surface area contributed by atoms with E-state index in [1.54, 1.807) is 19.2 Å². The van der Waals surface area contributed by atoms with Crippen LogP contribution < -0.4 is 14.8 Å². The van der Waals surface area contributed by atoms with E-state index in [9.17, 15) is 4.79 Å². The molecule has 116 valence electrons. The summed E-state index contributed by atoms with van der Waals surface area (Å²) in [6.07, 6.45) is 0.385. The highest BCUT2D eigenvalue weighted by atomic mass is 35.5. The van der Waals surface area contributed by atoms with Gasteiger partial charge in [0.1, 0.15) is 11.5 Å². The van der Waals surface area contributed by atoms with Crippen LogP contribution in [-0.2, 0) is 9.53 Å². The molecule has 1 aliphatic heterocycles. The fraction of sp³-hybridized carbons (Fsp3) is 0.500. The molecule has 1 saturated heterocycles. The molecular formula is C14H18ClNO5. The Bertz CT molecular complexity index is 522. The zero-order valence-corrected chi connectivity index (χ0v) is 12.6. The summed E-state index contributed by atoms with van der Waals surface area (Å²) in [6.45, 7) is 0.491. The largest absolute Gasteiger partial charge is 0.495 e. The number of aliphatic carboxylic acids is 1. The van der Waals surface area contributed by atoms with Crippen molar-refractivity contribution in [1.29, 1.82) is 0 Å². The van der Waals surface area contributed by atoms with Gasteiger partial charge in [-0.1, -0.05) is 11.6 Å². The van der Waals surface area contributed by atoms with Crippen molar-refractivity contribution >= 4 is 23.3 Å². The maximum atomic E-state index is 10.8. The molecule has 0 bridgehead atoms. The summed E-state index contributed by atoms with van der Waals surface area (Å²) < 4.78 is 15.9. The molecule has 2 unspecified atom stereocenters. The number of halogens is 1. The summed E-state index contributed by atoms with van der Waals surface area (Å²) in [5.74, 6) is 0.215. The van der Waals surface area contributed by atoms with Gasteiger partial charge in [-0.2, -0.15) is 0 Å². The van der Waals surface area contributed by atoms with Gasteiger partial charge in [-0.25, -0.2) is 4.79 Å². The number of carboxylic acids is 1. The second kappa shape index (κ2) is 6.87. The van der Waals surface area contributed by atoms with Gasteiger partial charge < -0.3 is 24.6 Å². The first kappa shape index (κ1) is 15.7. The molecule has 2 atom stereocenters. The van der Waals surface area contributed by atoms with Crippen LogP contribution in [0.3, 0.4) is 0 Å². The number of ether oxygens (including phenoxy) is 3. The molecule has 0 saturated carbocycles.